The second-order valence-corrected chi connectivity index (χ2v) is 4.85. The van der Waals surface area contributed by atoms with Crippen LogP contribution in [0, 0.1) is 0 Å². The molecule has 5 heteroatoms. The molecule has 1 atom stereocenters. The molecule has 1 unspecified atom stereocenters. The van der Waals surface area contributed by atoms with Gasteiger partial charge in [0.2, 0.25) is 11.8 Å². The van der Waals surface area contributed by atoms with Gasteiger partial charge in [0, 0.05) is 18.5 Å². The van der Waals surface area contributed by atoms with Gasteiger partial charge in [0.15, 0.2) is 0 Å². The Hall–Kier alpha value is -2.17. The number of nitrogens with zero attached hydrogens (tertiary/aromatic N) is 1. The van der Waals surface area contributed by atoms with E-state index in [-0.39, 0.29) is 24.1 Å². The van der Waals surface area contributed by atoms with Crippen LogP contribution in [0.4, 0.5) is 0 Å². The first kappa shape index (κ1) is 14.2. The minimum atomic E-state index is -0.549. The van der Waals surface area contributed by atoms with Crippen LogP contribution in [-0.4, -0.2) is 35.2 Å². The Labute approximate surface area is 118 Å². The first-order chi connectivity index (χ1) is 9.58. The number of likely N-dealkylation sites (tertiary alicyclic amines) is 1. The SMILES string of the molecule is C=C/C=C1/C(=O)N(C2CCC(=O)NC2=O)CC/C1=C/C. The van der Waals surface area contributed by atoms with E-state index in [9.17, 15) is 14.4 Å². The van der Waals surface area contributed by atoms with Crippen LogP contribution in [0.2, 0.25) is 0 Å². The lowest BCUT2D eigenvalue weighted by Crippen LogP contribution is -2.56. The second-order valence-electron chi connectivity index (χ2n) is 4.85. The third-order valence-corrected chi connectivity index (χ3v) is 3.68. The summed E-state index contributed by atoms with van der Waals surface area (Å²) in [4.78, 5) is 37.1. The molecule has 0 radical (unpaired) electrons. The zero-order valence-corrected chi connectivity index (χ0v) is 11.5. The molecule has 0 aromatic carbocycles. The first-order valence-corrected chi connectivity index (χ1v) is 6.71. The topological polar surface area (TPSA) is 66.5 Å². The number of carbonyl (C=O) groups is 3. The fraction of sp³-hybridized carbons (Fsp3) is 0.400. The molecule has 5 nitrogen and oxygen atoms in total. The van der Waals surface area contributed by atoms with Gasteiger partial charge in [-0.25, -0.2) is 0 Å². The number of allylic oxidation sites excluding steroid dienone is 3. The fourth-order valence-corrected chi connectivity index (χ4v) is 2.64. The lowest BCUT2D eigenvalue weighted by atomic mass is 9.93. The summed E-state index contributed by atoms with van der Waals surface area (Å²) in [6, 6.07) is -0.549. The molecule has 0 bridgehead atoms. The Bertz CT molecular complexity index is 531. The van der Waals surface area contributed by atoms with Gasteiger partial charge in [-0.2, -0.15) is 0 Å². The van der Waals surface area contributed by atoms with Gasteiger partial charge in [-0.1, -0.05) is 18.7 Å². The van der Waals surface area contributed by atoms with Gasteiger partial charge in [-0.3, -0.25) is 19.7 Å². The van der Waals surface area contributed by atoms with Crippen molar-refractivity contribution >= 4 is 17.7 Å². The van der Waals surface area contributed by atoms with E-state index in [2.05, 4.69) is 11.9 Å². The number of piperidine rings is 2. The molecule has 0 aromatic rings. The lowest BCUT2D eigenvalue weighted by Gasteiger charge is -2.37. The molecule has 2 rings (SSSR count). The smallest absolute Gasteiger partial charge is 0.254 e. The summed E-state index contributed by atoms with van der Waals surface area (Å²) in [5, 5.41) is 2.29. The van der Waals surface area contributed by atoms with Crippen molar-refractivity contribution in [2.75, 3.05) is 6.54 Å². The number of imide groups is 1. The summed E-state index contributed by atoms with van der Waals surface area (Å²) in [7, 11) is 0. The van der Waals surface area contributed by atoms with Crippen molar-refractivity contribution in [1.82, 2.24) is 10.2 Å². The molecule has 2 heterocycles. The van der Waals surface area contributed by atoms with Crippen molar-refractivity contribution < 1.29 is 14.4 Å². The number of hydrogen-bond donors (Lipinski definition) is 1. The highest BCUT2D eigenvalue weighted by molar-refractivity contribution is 6.05. The number of rotatable bonds is 2. The third kappa shape index (κ3) is 2.57. The molecule has 20 heavy (non-hydrogen) atoms. The van der Waals surface area contributed by atoms with Crippen molar-refractivity contribution in [2.24, 2.45) is 0 Å². The average molecular weight is 274 g/mol. The van der Waals surface area contributed by atoms with E-state index in [0.717, 1.165) is 5.57 Å². The largest absolute Gasteiger partial charge is 0.326 e. The molecule has 1 N–H and O–H groups in total. The normalized spacial score (nSPS) is 27.9. The minimum Gasteiger partial charge on any atom is -0.326 e. The van der Waals surface area contributed by atoms with Gasteiger partial charge in [0.05, 0.1) is 0 Å². The Morgan fingerprint density at radius 3 is 2.65 bits per heavy atom. The highest BCUT2D eigenvalue weighted by atomic mass is 16.2. The zero-order chi connectivity index (χ0) is 14.7. The van der Waals surface area contributed by atoms with Gasteiger partial charge in [0.25, 0.3) is 5.91 Å². The van der Waals surface area contributed by atoms with Crippen LogP contribution in [0.25, 0.3) is 0 Å². The predicted octanol–water partition coefficient (Wildman–Crippen LogP) is 1.08. The van der Waals surface area contributed by atoms with Crippen LogP contribution in [0.15, 0.2) is 36.0 Å². The van der Waals surface area contributed by atoms with E-state index in [1.165, 1.54) is 0 Å². The maximum Gasteiger partial charge on any atom is 0.254 e. The van der Waals surface area contributed by atoms with Crippen molar-refractivity contribution in [2.45, 2.75) is 32.2 Å². The number of carbonyl (C=O) groups excluding carboxylic acids is 3. The highest BCUT2D eigenvalue weighted by Gasteiger charge is 2.37. The Morgan fingerprint density at radius 1 is 1.30 bits per heavy atom. The van der Waals surface area contributed by atoms with Crippen LogP contribution < -0.4 is 5.32 Å². The highest BCUT2D eigenvalue weighted by Crippen LogP contribution is 2.27. The van der Waals surface area contributed by atoms with Gasteiger partial charge in [-0.15, -0.1) is 0 Å². The number of hydrogen-bond acceptors (Lipinski definition) is 3. The lowest BCUT2D eigenvalue weighted by molar-refractivity contribution is -0.144. The Kier molecular flexibility index (Phi) is 4.17. The summed E-state index contributed by atoms with van der Waals surface area (Å²) in [6.07, 6.45) is 6.54. The number of amides is 3. The van der Waals surface area contributed by atoms with Crippen molar-refractivity contribution in [3.8, 4) is 0 Å². The fourth-order valence-electron chi connectivity index (χ4n) is 2.64. The zero-order valence-electron chi connectivity index (χ0n) is 11.5. The molecule has 2 saturated heterocycles. The summed E-state index contributed by atoms with van der Waals surface area (Å²) < 4.78 is 0. The molecule has 0 spiro atoms. The van der Waals surface area contributed by atoms with Gasteiger partial charge < -0.3 is 4.90 Å². The molecular weight excluding hydrogens is 256 g/mol. The molecule has 2 aliphatic heterocycles. The van der Waals surface area contributed by atoms with E-state index >= 15 is 0 Å². The van der Waals surface area contributed by atoms with Crippen molar-refractivity contribution in [3.05, 3.63) is 36.0 Å². The summed E-state index contributed by atoms with van der Waals surface area (Å²) in [6.45, 7) is 6.01. The van der Waals surface area contributed by atoms with Crippen LogP contribution in [0.3, 0.4) is 0 Å². The average Bonchev–Trinajstić information content (AvgIpc) is 2.42. The molecule has 3 amide bonds. The van der Waals surface area contributed by atoms with Crippen molar-refractivity contribution in [1.29, 1.82) is 0 Å². The van der Waals surface area contributed by atoms with E-state index in [4.69, 9.17) is 0 Å². The molecule has 2 aliphatic rings. The molecule has 0 aliphatic carbocycles. The maximum atomic E-state index is 12.5. The molecular formula is C15H18N2O3. The van der Waals surface area contributed by atoms with Gasteiger partial charge in [-0.05, 0) is 31.4 Å². The quantitative estimate of drug-likeness (QED) is 0.605. The second kappa shape index (κ2) is 5.86. The van der Waals surface area contributed by atoms with E-state index in [1.54, 1.807) is 17.1 Å². The van der Waals surface area contributed by atoms with E-state index < -0.39 is 6.04 Å². The monoisotopic (exact) mass is 274 g/mol. The van der Waals surface area contributed by atoms with Crippen LogP contribution in [0.5, 0.6) is 0 Å². The Balaban J connectivity index is 2.24. The van der Waals surface area contributed by atoms with E-state index in [0.29, 0.717) is 25.0 Å². The predicted molar refractivity (Wildman–Crippen MR) is 74.5 cm³/mol. The summed E-state index contributed by atoms with van der Waals surface area (Å²) >= 11 is 0. The standard InChI is InChI=1S/C15H18N2O3/c1-3-5-11-10(4-2)8-9-17(15(11)20)12-6-7-13(18)16-14(12)19/h3-5,12H,1,6-9H2,2H3,(H,16,18,19)/b10-4-,11-5+. The Morgan fingerprint density at radius 2 is 2.05 bits per heavy atom. The van der Waals surface area contributed by atoms with Crippen LogP contribution in [0.1, 0.15) is 26.2 Å². The molecule has 0 aromatic heterocycles. The molecule has 2 fully saturated rings. The van der Waals surface area contributed by atoms with Crippen LogP contribution in [-0.2, 0) is 14.4 Å². The summed E-state index contributed by atoms with van der Waals surface area (Å²) in [5.41, 5.74) is 1.55. The van der Waals surface area contributed by atoms with Crippen molar-refractivity contribution in [3.63, 3.8) is 0 Å². The molecule has 0 saturated carbocycles. The third-order valence-electron chi connectivity index (χ3n) is 3.68. The summed E-state index contributed by atoms with van der Waals surface area (Å²) in [5.74, 6) is -0.818. The van der Waals surface area contributed by atoms with Crippen LogP contribution >= 0.6 is 0 Å². The maximum absolute atomic E-state index is 12.5. The first-order valence-electron chi connectivity index (χ1n) is 6.71. The van der Waals surface area contributed by atoms with E-state index in [1.807, 2.05) is 13.0 Å². The number of nitrogens with one attached hydrogen (secondary N) is 1. The molecule has 106 valence electrons. The van der Waals surface area contributed by atoms with Gasteiger partial charge >= 0.3 is 0 Å². The minimum absolute atomic E-state index is 0.168. The van der Waals surface area contributed by atoms with Gasteiger partial charge in [0.1, 0.15) is 6.04 Å².